The number of aromatic nitrogens is 1. The number of carbonyl (C=O) groups is 3. The molecule has 1 saturated heterocycles. The Morgan fingerprint density at radius 2 is 1.76 bits per heavy atom. The van der Waals surface area contributed by atoms with Crippen molar-refractivity contribution in [1.29, 1.82) is 0 Å². The van der Waals surface area contributed by atoms with E-state index < -0.39 is 23.1 Å². The molecule has 0 spiro atoms. The second-order valence-corrected chi connectivity index (χ2v) is 11.6. The number of halogens is 1. The van der Waals surface area contributed by atoms with E-state index in [-0.39, 0.29) is 29.9 Å². The van der Waals surface area contributed by atoms with Gasteiger partial charge < -0.3 is 19.2 Å². The third-order valence-corrected chi connectivity index (χ3v) is 9.12. The van der Waals surface area contributed by atoms with Crippen LogP contribution < -0.4 is 19.2 Å². The van der Waals surface area contributed by atoms with Crippen molar-refractivity contribution in [3.05, 3.63) is 67.0 Å². The molecule has 1 aromatic heterocycles. The van der Waals surface area contributed by atoms with Crippen molar-refractivity contribution in [3.8, 4) is 11.5 Å². The fraction of sp³-hybridized carbons (Fsp3) is 0.308. The molecule has 38 heavy (non-hydrogen) atoms. The van der Waals surface area contributed by atoms with Crippen molar-refractivity contribution in [2.75, 3.05) is 24.7 Å². The van der Waals surface area contributed by atoms with Crippen LogP contribution in [-0.2, 0) is 19.1 Å². The van der Waals surface area contributed by atoms with Gasteiger partial charge in [0.05, 0.1) is 29.8 Å². The van der Waals surface area contributed by atoms with E-state index in [0.717, 1.165) is 15.8 Å². The van der Waals surface area contributed by atoms with Crippen LogP contribution in [0, 0.1) is 5.92 Å². The highest BCUT2D eigenvalue weighted by Crippen LogP contribution is 2.53. The van der Waals surface area contributed by atoms with E-state index in [1.807, 2.05) is 6.92 Å². The number of nitrogens with zero attached hydrogens (tertiary/aromatic N) is 1. The van der Waals surface area contributed by atoms with Gasteiger partial charge in [-0.3, -0.25) is 14.4 Å². The molecule has 2 aliphatic heterocycles. The number of thiazole rings is 1. The van der Waals surface area contributed by atoms with Gasteiger partial charge in [-0.2, -0.15) is 0 Å². The third kappa shape index (κ3) is 4.87. The summed E-state index contributed by atoms with van der Waals surface area (Å²) in [5.74, 6) is -1.71. The van der Waals surface area contributed by atoms with E-state index in [2.05, 4.69) is 20.9 Å². The maximum atomic E-state index is 13.8. The summed E-state index contributed by atoms with van der Waals surface area (Å²) in [5, 5.41) is -0.116. The Labute approximate surface area is 234 Å². The van der Waals surface area contributed by atoms with Crippen molar-refractivity contribution >= 4 is 62.5 Å². The van der Waals surface area contributed by atoms with Gasteiger partial charge in [0.2, 0.25) is 11.8 Å². The Morgan fingerprint density at radius 1 is 1.00 bits per heavy atom. The number of rotatable bonds is 8. The molecule has 9 nitrogen and oxygen atoms in total. The largest absolute Gasteiger partial charge is 0.490 e. The zero-order valence-corrected chi connectivity index (χ0v) is 23.6. The summed E-state index contributed by atoms with van der Waals surface area (Å²) >= 11 is 5.64. The predicted molar refractivity (Wildman–Crippen MR) is 146 cm³/mol. The highest BCUT2D eigenvalue weighted by molar-refractivity contribution is 9.10. The molecular weight excluding hydrogens is 596 g/mol. The van der Waals surface area contributed by atoms with E-state index in [1.54, 1.807) is 49.4 Å². The van der Waals surface area contributed by atoms with Crippen LogP contribution in [0.1, 0.15) is 30.2 Å². The first-order chi connectivity index (χ1) is 18.3. The van der Waals surface area contributed by atoms with Gasteiger partial charge in [-0.25, -0.2) is 9.69 Å². The lowest BCUT2D eigenvalue weighted by Crippen LogP contribution is -2.32. The molecule has 1 fully saturated rings. The fourth-order valence-electron chi connectivity index (χ4n) is 4.67. The Morgan fingerprint density at radius 3 is 2.47 bits per heavy atom. The molecule has 2 aromatic carbocycles. The number of H-pyrrole nitrogens is 1. The summed E-state index contributed by atoms with van der Waals surface area (Å²) in [6.07, 6.45) is 0. The number of aromatic amines is 1. The number of anilines is 1. The van der Waals surface area contributed by atoms with Crippen molar-refractivity contribution in [3.63, 3.8) is 0 Å². The van der Waals surface area contributed by atoms with E-state index >= 15 is 0 Å². The van der Waals surface area contributed by atoms with Crippen molar-refractivity contribution in [2.45, 2.75) is 30.0 Å². The number of imide groups is 1. The average Bonchev–Trinajstić information content (AvgIpc) is 3.38. The van der Waals surface area contributed by atoms with Crippen LogP contribution in [0.5, 0.6) is 11.5 Å². The quantitative estimate of drug-likeness (QED) is 0.293. The number of ether oxygens (including phenoxy) is 3. The van der Waals surface area contributed by atoms with Gasteiger partial charge in [0.1, 0.15) is 5.25 Å². The molecule has 0 radical (unpaired) electrons. The topological polar surface area (TPSA) is 115 Å². The normalized spacial score (nSPS) is 20.2. The average molecular weight is 620 g/mol. The van der Waals surface area contributed by atoms with Crippen molar-refractivity contribution < 1.29 is 28.6 Å². The minimum atomic E-state index is -0.726. The minimum Gasteiger partial charge on any atom is -0.490 e. The summed E-state index contributed by atoms with van der Waals surface area (Å²) in [6, 6.07) is 12.2. The maximum absolute atomic E-state index is 13.8. The van der Waals surface area contributed by atoms with E-state index in [0.29, 0.717) is 39.3 Å². The van der Waals surface area contributed by atoms with Gasteiger partial charge in [-0.05, 0) is 55.8 Å². The van der Waals surface area contributed by atoms with E-state index in [1.165, 1.54) is 16.7 Å². The lowest BCUT2D eigenvalue weighted by Gasteiger charge is -2.30. The van der Waals surface area contributed by atoms with Gasteiger partial charge in [0.15, 0.2) is 18.1 Å². The molecule has 3 atom stereocenters. The molecule has 3 aromatic rings. The number of nitrogens with one attached hydrogen (secondary N) is 1. The smallest absolute Gasteiger partial charge is 0.344 e. The fourth-order valence-corrected chi connectivity index (χ4v) is 7.45. The molecule has 0 bridgehead atoms. The van der Waals surface area contributed by atoms with Gasteiger partial charge >= 0.3 is 10.8 Å². The third-order valence-electron chi connectivity index (χ3n) is 6.19. The molecular formula is C26H23BrN2O7S2. The number of hydrogen-bond acceptors (Lipinski definition) is 9. The molecule has 2 amide bonds. The zero-order valence-electron chi connectivity index (χ0n) is 20.4. The molecule has 3 heterocycles. The number of fused-ring (bicyclic) bond motifs is 2. The van der Waals surface area contributed by atoms with Crippen LogP contribution in [0.25, 0.3) is 0 Å². The molecule has 12 heteroatoms. The van der Waals surface area contributed by atoms with Gasteiger partial charge in [0.25, 0.3) is 0 Å². The number of benzene rings is 2. The molecule has 198 valence electrons. The van der Waals surface area contributed by atoms with Crippen molar-refractivity contribution in [1.82, 2.24) is 4.98 Å². The lowest BCUT2D eigenvalue weighted by atomic mass is 9.83. The monoisotopic (exact) mass is 618 g/mol. The van der Waals surface area contributed by atoms with Gasteiger partial charge in [-0.15, -0.1) is 0 Å². The number of amides is 2. The second kappa shape index (κ2) is 11.0. The van der Waals surface area contributed by atoms with Crippen LogP contribution in [0.4, 0.5) is 5.69 Å². The van der Waals surface area contributed by atoms with Crippen molar-refractivity contribution in [2.24, 2.45) is 5.92 Å². The maximum Gasteiger partial charge on any atom is 0.344 e. The first-order valence-electron chi connectivity index (χ1n) is 11.9. The SMILES string of the molecule is CCOC(=O)COc1ccc([C@@H]2c3sc(=O)[nH]c3S[C@H]3C(=O)N(c4ccc(Br)cc4)C(=O)[C@@H]23)cc1OCC. The number of hydrogen-bond donors (Lipinski definition) is 1. The van der Waals surface area contributed by atoms with Crippen LogP contribution in [0.3, 0.4) is 0 Å². The zero-order chi connectivity index (χ0) is 27.0. The summed E-state index contributed by atoms with van der Waals surface area (Å²) in [7, 11) is 0. The highest BCUT2D eigenvalue weighted by Gasteiger charge is 2.56. The number of thioether (sulfide) groups is 1. The summed E-state index contributed by atoms with van der Waals surface area (Å²) < 4.78 is 17.2. The van der Waals surface area contributed by atoms with Gasteiger partial charge in [-0.1, -0.05) is 45.1 Å². The Bertz CT molecular complexity index is 1450. The standard InChI is InChI=1S/C26H23BrN2O7S2/c1-3-34-17-11-13(5-10-16(17)36-12-18(30)35-4-2)19-20-22(37-23-21(19)38-26(33)28-23)25(32)29(24(20)31)15-8-6-14(27)7-9-15/h5-11,19-20,22H,3-4,12H2,1-2H3,(H,28,33)/t19-,20-,22+/m0/s1. The second-order valence-electron chi connectivity index (χ2n) is 8.47. The Balaban J connectivity index is 1.55. The van der Waals surface area contributed by atoms with Crippen LogP contribution >= 0.6 is 39.0 Å². The van der Waals surface area contributed by atoms with Crippen LogP contribution in [-0.4, -0.2) is 47.8 Å². The lowest BCUT2D eigenvalue weighted by molar-refractivity contribution is -0.145. The first kappa shape index (κ1) is 26.5. The predicted octanol–water partition coefficient (Wildman–Crippen LogP) is 4.34. The molecule has 1 N–H and O–H groups in total. The molecule has 2 aliphatic rings. The van der Waals surface area contributed by atoms with E-state index in [4.69, 9.17) is 14.2 Å². The number of carbonyl (C=O) groups excluding carboxylic acids is 3. The van der Waals surface area contributed by atoms with Crippen LogP contribution in [0.2, 0.25) is 0 Å². The molecule has 0 saturated carbocycles. The first-order valence-corrected chi connectivity index (χ1v) is 14.4. The summed E-state index contributed by atoms with van der Waals surface area (Å²) in [5.41, 5.74) is 1.19. The van der Waals surface area contributed by atoms with Gasteiger partial charge in [0, 0.05) is 15.3 Å². The van der Waals surface area contributed by atoms with Crippen LogP contribution in [0.15, 0.2) is 56.8 Å². The summed E-state index contributed by atoms with van der Waals surface area (Å²) in [6.45, 7) is 3.83. The Hall–Kier alpha value is -3.09. The summed E-state index contributed by atoms with van der Waals surface area (Å²) in [4.78, 5) is 56.0. The molecule has 0 unspecified atom stereocenters. The highest BCUT2D eigenvalue weighted by atomic mass is 79.9. The molecule has 5 rings (SSSR count). The minimum absolute atomic E-state index is 0.244. The van der Waals surface area contributed by atoms with E-state index in [9.17, 15) is 19.2 Å². The number of esters is 1. The molecule has 0 aliphatic carbocycles. The Kier molecular flexibility index (Phi) is 7.64.